The lowest BCUT2D eigenvalue weighted by molar-refractivity contribution is 0.618. The standard InChI is InChI=1S/C9H11FN2/c1-7(11)4-5-9-8(10)3-2-6-12-9/h2-7H,11H2,1H3/b5-4+. The van der Waals surface area contributed by atoms with Gasteiger partial charge in [0.25, 0.3) is 0 Å². The topological polar surface area (TPSA) is 38.9 Å². The van der Waals surface area contributed by atoms with Gasteiger partial charge in [0, 0.05) is 12.2 Å². The molecule has 0 aliphatic carbocycles. The number of pyridine rings is 1. The first-order valence-electron chi connectivity index (χ1n) is 3.74. The highest BCUT2D eigenvalue weighted by atomic mass is 19.1. The summed E-state index contributed by atoms with van der Waals surface area (Å²) in [6, 6.07) is 2.85. The van der Waals surface area contributed by atoms with E-state index in [4.69, 9.17) is 5.73 Å². The Morgan fingerprint density at radius 1 is 1.67 bits per heavy atom. The van der Waals surface area contributed by atoms with Crippen molar-refractivity contribution in [1.29, 1.82) is 0 Å². The Kier molecular flexibility index (Phi) is 2.94. The van der Waals surface area contributed by atoms with Gasteiger partial charge in [-0.25, -0.2) is 4.39 Å². The molecule has 1 heterocycles. The van der Waals surface area contributed by atoms with Crippen molar-refractivity contribution in [2.45, 2.75) is 13.0 Å². The fraction of sp³-hybridized carbons (Fsp3) is 0.222. The van der Waals surface area contributed by atoms with E-state index in [2.05, 4.69) is 4.98 Å². The van der Waals surface area contributed by atoms with Crippen molar-refractivity contribution < 1.29 is 4.39 Å². The molecule has 0 bridgehead atoms. The van der Waals surface area contributed by atoms with E-state index in [0.717, 1.165) is 0 Å². The first-order chi connectivity index (χ1) is 5.70. The van der Waals surface area contributed by atoms with Crippen molar-refractivity contribution in [3.8, 4) is 0 Å². The third kappa shape index (κ3) is 2.43. The van der Waals surface area contributed by atoms with Crippen molar-refractivity contribution >= 4 is 6.08 Å². The minimum atomic E-state index is -0.325. The van der Waals surface area contributed by atoms with Gasteiger partial charge < -0.3 is 5.73 Å². The molecule has 0 fully saturated rings. The summed E-state index contributed by atoms with van der Waals surface area (Å²) in [6.07, 6.45) is 4.83. The summed E-state index contributed by atoms with van der Waals surface area (Å²) in [6.45, 7) is 1.82. The van der Waals surface area contributed by atoms with Gasteiger partial charge >= 0.3 is 0 Å². The molecule has 1 unspecified atom stereocenters. The van der Waals surface area contributed by atoms with Crippen molar-refractivity contribution in [2.24, 2.45) is 5.73 Å². The largest absolute Gasteiger partial charge is 0.325 e. The van der Waals surface area contributed by atoms with Crippen LogP contribution < -0.4 is 5.73 Å². The fourth-order valence-electron chi connectivity index (χ4n) is 0.763. The van der Waals surface area contributed by atoms with Gasteiger partial charge in [-0.15, -0.1) is 0 Å². The molecule has 2 N–H and O–H groups in total. The molecule has 3 heteroatoms. The maximum Gasteiger partial charge on any atom is 0.148 e. The molecule has 2 nitrogen and oxygen atoms in total. The summed E-state index contributed by atoms with van der Waals surface area (Å²) < 4.78 is 12.9. The summed E-state index contributed by atoms with van der Waals surface area (Å²) in [5, 5.41) is 0. The van der Waals surface area contributed by atoms with Gasteiger partial charge in [0.1, 0.15) is 5.82 Å². The molecule has 0 saturated carbocycles. The SMILES string of the molecule is CC(N)/C=C/c1ncccc1F. The van der Waals surface area contributed by atoms with Crippen LogP contribution in [-0.2, 0) is 0 Å². The molecule has 0 amide bonds. The van der Waals surface area contributed by atoms with Gasteiger partial charge in [0.2, 0.25) is 0 Å². The minimum absolute atomic E-state index is 0.0774. The van der Waals surface area contributed by atoms with E-state index in [1.165, 1.54) is 6.07 Å². The maximum absolute atomic E-state index is 12.9. The van der Waals surface area contributed by atoms with Crippen molar-refractivity contribution in [1.82, 2.24) is 4.98 Å². The van der Waals surface area contributed by atoms with Crippen LogP contribution in [-0.4, -0.2) is 11.0 Å². The molecule has 64 valence electrons. The Morgan fingerprint density at radius 2 is 2.42 bits per heavy atom. The molecule has 1 rings (SSSR count). The molecule has 1 aromatic heterocycles. The van der Waals surface area contributed by atoms with E-state index in [1.54, 1.807) is 24.4 Å². The zero-order valence-electron chi connectivity index (χ0n) is 6.87. The van der Waals surface area contributed by atoms with Crippen LogP contribution in [0.1, 0.15) is 12.6 Å². The number of nitrogens with two attached hydrogens (primary N) is 1. The molecule has 0 saturated heterocycles. The van der Waals surface area contributed by atoms with Crippen LogP contribution in [0.25, 0.3) is 6.08 Å². The van der Waals surface area contributed by atoms with E-state index in [-0.39, 0.29) is 11.9 Å². The predicted molar refractivity (Wildman–Crippen MR) is 46.9 cm³/mol. The predicted octanol–water partition coefficient (Wildman–Crippen LogP) is 1.58. The van der Waals surface area contributed by atoms with Gasteiger partial charge in [-0.1, -0.05) is 6.08 Å². The number of halogens is 1. The van der Waals surface area contributed by atoms with Gasteiger partial charge in [-0.2, -0.15) is 0 Å². The zero-order valence-corrected chi connectivity index (χ0v) is 6.87. The van der Waals surface area contributed by atoms with E-state index in [0.29, 0.717) is 5.69 Å². The van der Waals surface area contributed by atoms with Crippen molar-refractivity contribution in [3.05, 3.63) is 35.9 Å². The lowest BCUT2D eigenvalue weighted by Crippen LogP contribution is -2.10. The third-order valence-corrected chi connectivity index (χ3v) is 1.34. The number of hydrogen-bond donors (Lipinski definition) is 1. The molecule has 0 aliphatic rings. The lowest BCUT2D eigenvalue weighted by atomic mass is 10.2. The summed E-state index contributed by atoms with van der Waals surface area (Å²) >= 11 is 0. The highest BCUT2D eigenvalue weighted by molar-refractivity contribution is 5.45. The van der Waals surface area contributed by atoms with Gasteiger partial charge in [-0.05, 0) is 25.1 Å². The second kappa shape index (κ2) is 3.97. The normalized spacial score (nSPS) is 13.6. The molecule has 0 radical (unpaired) electrons. The molecular formula is C9H11FN2. The number of aromatic nitrogens is 1. The van der Waals surface area contributed by atoms with Crippen LogP contribution in [0.4, 0.5) is 4.39 Å². The molecule has 0 aliphatic heterocycles. The lowest BCUT2D eigenvalue weighted by Gasteiger charge is -1.96. The van der Waals surface area contributed by atoms with Crippen molar-refractivity contribution in [3.63, 3.8) is 0 Å². The molecule has 0 spiro atoms. The second-order valence-corrected chi connectivity index (χ2v) is 2.59. The molecular weight excluding hydrogens is 155 g/mol. The average Bonchev–Trinajstić information content (AvgIpc) is 2.03. The first kappa shape index (κ1) is 8.87. The smallest absolute Gasteiger partial charge is 0.148 e. The highest BCUT2D eigenvalue weighted by Gasteiger charge is 1.96. The third-order valence-electron chi connectivity index (χ3n) is 1.34. The Hall–Kier alpha value is -1.22. The van der Waals surface area contributed by atoms with Crippen LogP contribution in [0.2, 0.25) is 0 Å². The molecule has 1 atom stereocenters. The Bertz CT molecular complexity index is 282. The molecule has 12 heavy (non-hydrogen) atoms. The Balaban J connectivity index is 2.82. The van der Waals surface area contributed by atoms with Crippen LogP contribution in [0.3, 0.4) is 0 Å². The summed E-state index contributed by atoms with van der Waals surface area (Å²) in [5.74, 6) is -0.325. The van der Waals surface area contributed by atoms with Crippen molar-refractivity contribution in [2.75, 3.05) is 0 Å². The Labute approximate surface area is 70.9 Å². The van der Waals surface area contributed by atoms with Crippen LogP contribution >= 0.6 is 0 Å². The van der Waals surface area contributed by atoms with Gasteiger partial charge in [0.05, 0.1) is 5.69 Å². The summed E-state index contributed by atoms with van der Waals surface area (Å²) in [5.41, 5.74) is 5.78. The van der Waals surface area contributed by atoms with Gasteiger partial charge in [-0.3, -0.25) is 4.98 Å². The second-order valence-electron chi connectivity index (χ2n) is 2.59. The minimum Gasteiger partial charge on any atom is -0.325 e. The number of rotatable bonds is 2. The fourth-order valence-corrected chi connectivity index (χ4v) is 0.763. The summed E-state index contributed by atoms with van der Waals surface area (Å²) in [7, 11) is 0. The summed E-state index contributed by atoms with van der Waals surface area (Å²) in [4.78, 5) is 3.83. The van der Waals surface area contributed by atoms with E-state index in [9.17, 15) is 4.39 Å². The average molecular weight is 166 g/mol. The van der Waals surface area contributed by atoms with Gasteiger partial charge in [0.15, 0.2) is 0 Å². The van der Waals surface area contributed by atoms with E-state index >= 15 is 0 Å². The van der Waals surface area contributed by atoms with E-state index < -0.39 is 0 Å². The maximum atomic E-state index is 12.9. The monoisotopic (exact) mass is 166 g/mol. The number of nitrogens with zero attached hydrogens (tertiary/aromatic N) is 1. The first-order valence-corrected chi connectivity index (χ1v) is 3.74. The quantitative estimate of drug-likeness (QED) is 0.724. The highest BCUT2D eigenvalue weighted by Crippen LogP contribution is 2.04. The van der Waals surface area contributed by atoms with Crippen LogP contribution in [0.5, 0.6) is 0 Å². The Morgan fingerprint density at radius 3 is 3.00 bits per heavy atom. The van der Waals surface area contributed by atoms with E-state index in [1.807, 2.05) is 6.92 Å². The zero-order chi connectivity index (χ0) is 8.97. The molecule has 0 aromatic carbocycles. The van der Waals surface area contributed by atoms with Crippen LogP contribution in [0, 0.1) is 5.82 Å². The number of hydrogen-bond acceptors (Lipinski definition) is 2. The molecule has 1 aromatic rings. The van der Waals surface area contributed by atoms with Crippen LogP contribution in [0.15, 0.2) is 24.4 Å².